The maximum Gasteiger partial charge on any atom is 0.469 e. The first-order valence-corrected chi connectivity index (χ1v) is 17.3. The van der Waals surface area contributed by atoms with Gasteiger partial charge in [0, 0.05) is 12.8 Å². The Hall–Kier alpha value is -1.73. The fourth-order valence-corrected chi connectivity index (χ4v) is 4.38. The number of carbonyl (C=O) groups is 2. The van der Waals surface area contributed by atoms with Gasteiger partial charge in [-0.15, -0.1) is 0 Å². The molecule has 9 heteroatoms. The molecular formula is C32H57O8P. The number of phosphoric acid groups is 1. The van der Waals surface area contributed by atoms with Crippen LogP contribution >= 0.6 is 7.82 Å². The number of phosphoric ester groups is 1. The highest BCUT2D eigenvalue weighted by atomic mass is 31.2. The number of esters is 2. The van der Waals surface area contributed by atoms with E-state index in [1.54, 1.807) is 0 Å². The zero-order valence-electron chi connectivity index (χ0n) is 25.7. The number of allylic oxidation sites excluding steroid dienone is 6. The van der Waals surface area contributed by atoms with Crippen LogP contribution in [0.15, 0.2) is 36.5 Å². The predicted molar refractivity (Wildman–Crippen MR) is 165 cm³/mol. The van der Waals surface area contributed by atoms with Gasteiger partial charge in [-0.2, -0.15) is 0 Å². The first-order chi connectivity index (χ1) is 19.8. The van der Waals surface area contributed by atoms with Gasteiger partial charge in [-0.1, -0.05) is 108 Å². The van der Waals surface area contributed by atoms with Crippen LogP contribution in [-0.2, 0) is 28.2 Å². The molecule has 41 heavy (non-hydrogen) atoms. The standard InChI is InChI=1S/C32H57O8P/c1-3-5-7-9-11-13-14-15-16-17-18-19-21-22-24-26-31(33)38-28-30(29-39-41(35,36)37)40-32(34)27-25-23-20-12-10-8-6-4-2/h11,13,15-16,18-19,30H,3-10,12,14,17,20-29H2,1-2H3,(H2,35,36,37)/b13-11+,16-15+,19-18+/t30-/m1/s1. The third-order valence-electron chi connectivity index (χ3n) is 6.41. The molecular weight excluding hydrogens is 543 g/mol. The molecule has 0 aromatic carbocycles. The Morgan fingerprint density at radius 1 is 0.634 bits per heavy atom. The summed E-state index contributed by atoms with van der Waals surface area (Å²) in [5.74, 6) is -0.938. The molecule has 0 spiro atoms. The Balaban J connectivity index is 4.10. The van der Waals surface area contributed by atoms with Crippen molar-refractivity contribution in [1.29, 1.82) is 0 Å². The van der Waals surface area contributed by atoms with Crippen LogP contribution in [0.4, 0.5) is 0 Å². The van der Waals surface area contributed by atoms with Gasteiger partial charge in [0.2, 0.25) is 0 Å². The van der Waals surface area contributed by atoms with E-state index >= 15 is 0 Å². The molecule has 238 valence electrons. The second kappa shape index (κ2) is 28.4. The van der Waals surface area contributed by atoms with Crippen LogP contribution in [0.2, 0.25) is 0 Å². The number of hydrogen-bond acceptors (Lipinski definition) is 6. The van der Waals surface area contributed by atoms with Crippen molar-refractivity contribution >= 4 is 19.8 Å². The van der Waals surface area contributed by atoms with E-state index in [0.29, 0.717) is 12.8 Å². The molecule has 8 nitrogen and oxygen atoms in total. The molecule has 0 aliphatic heterocycles. The third kappa shape index (κ3) is 31.0. The summed E-state index contributed by atoms with van der Waals surface area (Å²) in [4.78, 5) is 42.3. The summed E-state index contributed by atoms with van der Waals surface area (Å²) in [6.45, 7) is 3.54. The van der Waals surface area contributed by atoms with Crippen molar-refractivity contribution in [2.45, 2.75) is 142 Å². The van der Waals surface area contributed by atoms with Gasteiger partial charge in [0.15, 0.2) is 6.10 Å². The summed E-state index contributed by atoms with van der Waals surface area (Å²) in [6.07, 6.45) is 30.3. The minimum Gasteiger partial charge on any atom is -0.462 e. The van der Waals surface area contributed by atoms with Crippen LogP contribution in [0.25, 0.3) is 0 Å². The second-order valence-electron chi connectivity index (χ2n) is 10.4. The van der Waals surface area contributed by atoms with Gasteiger partial charge in [-0.3, -0.25) is 14.1 Å². The van der Waals surface area contributed by atoms with Crippen molar-refractivity contribution in [2.24, 2.45) is 0 Å². The van der Waals surface area contributed by atoms with Crippen molar-refractivity contribution in [2.75, 3.05) is 13.2 Å². The number of unbranched alkanes of at least 4 members (excludes halogenated alkanes) is 12. The average Bonchev–Trinajstić information content (AvgIpc) is 2.93. The molecule has 0 fully saturated rings. The summed E-state index contributed by atoms with van der Waals surface area (Å²) in [7, 11) is -4.74. The van der Waals surface area contributed by atoms with Crippen LogP contribution in [0, 0.1) is 0 Å². The van der Waals surface area contributed by atoms with Gasteiger partial charge in [-0.25, -0.2) is 4.57 Å². The SMILES string of the molecule is CCCCC/C=C/C/C=C/C/C=C/CCCCC(=O)OC[C@H](COP(=O)(O)O)OC(=O)CCCCCCCCCC. The highest BCUT2D eigenvalue weighted by molar-refractivity contribution is 7.46. The molecule has 0 rings (SSSR count). The minimum absolute atomic E-state index is 0.203. The van der Waals surface area contributed by atoms with Crippen molar-refractivity contribution in [3.63, 3.8) is 0 Å². The molecule has 0 unspecified atom stereocenters. The van der Waals surface area contributed by atoms with E-state index in [0.717, 1.165) is 51.4 Å². The number of ether oxygens (including phenoxy) is 2. The number of hydrogen-bond donors (Lipinski definition) is 2. The van der Waals surface area contributed by atoms with Crippen molar-refractivity contribution in [3.8, 4) is 0 Å². The zero-order chi connectivity index (χ0) is 30.4. The Labute approximate surface area is 249 Å². The van der Waals surface area contributed by atoms with Gasteiger partial charge in [-0.05, 0) is 51.4 Å². The monoisotopic (exact) mass is 600 g/mol. The summed E-state index contributed by atoms with van der Waals surface area (Å²) in [5, 5.41) is 0. The van der Waals surface area contributed by atoms with Crippen LogP contribution in [0.3, 0.4) is 0 Å². The zero-order valence-corrected chi connectivity index (χ0v) is 26.6. The highest BCUT2D eigenvalue weighted by Gasteiger charge is 2.22. The summed E-state index contributed by atoms with van der Waals surface area (Å²) < 4.78 is 26.0. The molecule has 0 amide bonds. The molecule has 0 aliphatic carbocycles. The predicted octanol–water partition coefficient (Wildman–Crippen LogP) is 8.67. The Morgan fingerprint density at radius 2 is 1.10 bits per heavy atom. The largest absolute Gasteiger partial charge is 0.469 e. The molecule has 0 aromatic heterocycles. The lowest BCUT2D eigenvalue weighted by Gasteiger charge is -2.18. The maximum atomic E-state index is 12.2. The van der Waals surface area contributed by atoms with E-state index in [2.05, 4.69) is 54.8 Å². The van der Waals surface area contributed by atoms with Gasteiger partial charge in [0.25, 0.3) is 0 Å². The highest BCUT2D eigenvalue weighted by Crippen LogP contribution is 2.35. The van der Waals surface area contributed by atoms with Gasteiger partial charge < -0.3 is 19.3 Å². The maximum absolute atomic E-state index is 12.2. The summed E-state index contributed by atoms with van der Waals surface area (Å²) in [5.41, 5.74) is 0. The lowest BCUT2D eigenvalue weighted by atomic mass is 10.1. The first-order valence-electron chi connectivity index (χ1n) is 15.8. The van der Waals surface area contributed by atoms with E-state index in [1.165, 1.54) is 44.9 Å². The molecule has 0 saturated carbocycles. The summed E-state index contributed by atoms with van der Waals surface area (Å²) in [6, 6.07) is 0. The van der Waals surface area contributed by atoms with E-state index in [4.69, 9.17) is 19.3 Å². The number of rotatable bonds is 28. The fourth-order valence-electron chi connectivity index (χ4n) is 4.02. The first kappa shape index (κ1) is 39.3. The molecule has 0 saturated heterocycles. The molecule has 2 N–H and O–H groups in total. The molecule has 0 radical (unpaired) electrons. The normalized spacial score (nSPS) is 13.0. The van der Waals surface area contributed by atoms with Crippen LogP contribution in [-0.4, -0.2) is 41.0 Å². The fraction of sp³-hybridized carbons (Fsp3) is 0.750. The van der Waals surface area contributed by atoms with Crippen LogP contribution < -0.4 is 0 Å². The average molecular weight is 601 g/mol. The lowest BCUT2D eigenvalue weighted by Crippen LogP contribution is -2.29. The Kier molecular flexibility index (Phi) is 27.2. The third-order valence-corrected chi connectivity index (χ3v) is 6.90. The quantitative estimate of drug-likeness (QED) is 0.0396. The van der Waals surface area contributed by atoms with E-state index in [-0.39, 0.29) is 19.4 Å². The lowest BCUT2D eigenvalue weighted by molar-refractivity contribution is -0.161. The molecule has 0 aliphatic rings. The van der Waals surface area contributed by atoms with E-state index in [9.17, 15) is 14.2 Å². The topological polar surface area (TPSA) is 119 Å². The van der Waals surface area contributed by atoms with Crippen LogP contribution in [0.5, 0.6) is 0 Å². The number of carbonyl (C=O) groups excluding carboxylic acids is 2. The minimum atomic E-state index is -4.74. The Morgan fingerprint density at radius 3 is 1.68 bits per heavy atom. The van der Waals surface area contributed by atoms with Gasteiger partial charge >= 0.3 is 19.8 Å². The van der Waals surface area contributed by atoms with Crippen molar-refractivity contribution in [1.82, 2.24) is 0 Å². The molecule has 0 heterocycles. The van der Waals surface area contributed by atoms with Gasteiger partial charge in [0.05, 0.1) is 6.61 Å². The smallest absolute Gasteiger partial charge is 0.462 e. The van der Waals surface area contributed by atoms with Crippen molar-refractivity contribution in [3.05, 3.63) is 36.5 Å². The molecule has 0 bridgehead atoms. The van der Waals surface area contributed by atoms with Crippen LogP contribution in [0.1, 0.15) is 136 Å². The van der Waals surface area contributed by atoms with E-state index in [1.807, 2.05) is 0 Å². The summed E-state index contributed by atoms with van der Waals surface area (Å²) >= 11 is 0. The second-order valence-corrected chi connectivity index (χ2v) is 11.7. The van der Waals surface area contributed by atoms with Gasteiger partial charge in [0.1, 0.15) is 6.61 Å². The molecule has 1 atom stereocenters. The van der Waals surface area contributed by atoms with Crippen molar-refractivity contribution < 1.29 is 37.9 Å². The van der Waals surface area contributed by atoms with E-state index < -0.39 is 32.5 Å². The molecule has 0 aromatic rings. The Bertz CT molecular complexity index is 772.